The van der Waals surface area contributed by atoms with E-state index in [1.807, 2.05) is 0 Å². The number of alkyl halides is 1. The molecule has 0 atom stereocenters. The van der Waals surface area contributed by atoms with Gasteiger partial charge in [-0.25, -0.2) is 0 Å². The van der Waals surface area contributed by atoms with Crippen molar-refractivity contribution in [2.45, 2.75) is 12.8 Å². The molecule has 0 unspecified atom stereocenters. The highest BCUT2D eigenvalue weighted by Gasteiger charge is 2.07. The molecule has 6 heteroatoms. The number of carbonyl (C=O) groups is 1. The van der Waals surface area contributed by atoms with Gasteiger partial charge in [-0.2, -0.15) is 0 Å². The predicted octanol–water partition coefficient (Wildman–Crippen LogP) is 4.59. The number of hydrogen-bond acceptors (Lipinski definition) is 4. The van der Waals surface area contributed by atoms with Gasteiger partial charge >= 0.3 is 0 Å². The minimum atomic E-state index is -0.467. The molecule has 0 saturated heterocycles. The van der Waals surface area contributed by atoms with Gasteiger partial charge in [0, 0.05) is 30.0 Å². The highest BCUT2D eigenvalue weighted by atomic mass is 35.5. The Balaban J connectivity index is 2.01. The predicted molar refractivity (Wildman–Crippen MR) is 83.9 cm³/mol. The fourth-order valence-electron chi connectivity index (χ4n) is 1.85. The number of nitro groups is 1. The Morgan fingerprint density at radius 2 is 1.59 bits per heavy atom. The number of benzene rings is 2. The second-order valence-electron chi connectivity index (χ2n) is 4.59. The van der Waals surface area contributed by atoms with Crippen molar-refractivity contribution in [3.63, 3.8) is 0 Å². The summed E-state index contributed by atoms with van der Waals surface area (Å²) >= 11 is 5.56. The SMILES string of the molecule is O=C(CCCCl)c1ccc(Oc2ccc([N+](=O)[O-])cc2)cc1. The molecule has 114 valence electrons. The van der Waals surface area contributed by atoms with E-state index in [9.17, 15) is 14.9 Å². The summed E-state index contributed by atoms with van der Waals surface area (Å²) in [6.07, 6.45) is 1.08. The van der Waals surface area contributed by atoms with E-state index in [-0.39, 0.29) is 11.5 Å². The van der Waals surface area contributed by atoms with E-state index in [1.165, 1.54) is 24.3 Å². The molecule has 0 aliphatic rings. The first kappa shape index (κ1) is 16.0. The first-order valence-electron chi connectivity index (χ1n) is 6.71. The maximum absolute atomic E-state index is 11.8. The Labute approximate surface area is 132 Å². The summed E-state index contributed by atoms with van der Waals surface area (Å²) in [5.74, 6) is 1.56. The summed E-state index contributed by atoms with van der Waals surface area (Å²) in [5.41, 5.74) is 0.619. The number of rotatable bonds is 7. The van der Waals surface area contributed by atoms with E-state index in [4.69, 9.17) is 16.3 Å². The second kappa shape index (κ2) is 7.56. The topological polar surface area (TPSA) is 69.4 Å². The quantitative estimate of drug-likeness (QED) is 0.324. The number of nitrogens with zero attached hydrogens (tertiary/aromatic N) is 1. The fourth-order valence-corrected chi connectivity index (χ4v) is 1.99. The van der Waals surface area contributed by atoms with Crippen molar-refractivity contribution in [2.75, 3.05) is 5.88 Å². The number of carbonyl (C=O) groups excluding carboxylic acids is 1. The summed E-state index contributed by atoms with van der Waals surface area (Å²) in [5, 5.41) is 10.6. The number of non-ortho nitro benzene ring substituents is 1. The van der Waals surface area contributed by atoms with Crippen LogP contribution in [0.25, 0.3) is 0 Å². The van der Waals surface area contributed by atoms with Crippen molar-refractivity contribution in [3.8, 4) is 11.5 Å². The zero-order valence-corrected chi connectivity index (χ0v) is 12.5. The summed E-state index contributed by atoms with van der Waals surface area (Å²) < 4.78 is 5.57. The summed E-state index contributed by atoms with van der Waals surface area (Å²) in [4.78, 5) is 21.9. The van der Waals surface area contributed by atoms with Crippen molar-refractivity contribution in [1.29, 1.82) is 0 Å². The lowest BCUT2D eigenvalue weighted by Crippen LogP contribution is -1.99. The summed E-state index contributed by atoms with van der Waals surface area (Å²) in [7, 11) is 0. The molecule has 0 aliphatic heterocycles. The van der Waals surface area contributed by atoms with Gasteiger partial charge in [-0.15, -0.1) is 11.6 Å². The molecule has 0 spiro atoms. The third-order valence-corrected chi connectivity index (χ3v) is 3.26. The Kier molecular flexibility index (Phi) is 5.49. The van der Waals surface area contributed by atoms with Crippen LogP contribution in [0.15, 0.2) is 48.5 Å². The Morgan fingerprint density at radius 3 is 2.09 bits per heavy atom. The summed E-state index contributed by atoms with van der Waals surface area (Å²) in [6.45, 7) is 0. The third kappa shape index (κ3) is 4.30. The smallest absolute Gasteiger partial charge is 0.269 e. The molecule has 0 bridgehead atoms. The van der Waals surface area contributed by atoms with Gasteiger partial charge in [0.1, 0.15) is 11.5 Å². The van der Waals surface area contributed by atoms with Gasteiger partial charge in [0.15, 0.2) is 5.78 Å². The van der Waals surface area contributed by atoms with Crippen LogP contribution in [0, 0.1) is 10.1 Å². The first-order chi connectivity index (χ1) is 10.6. The molecule has 0 aromatic heterocycles. The molecule has 0 aliphatic carbocycles. The van der Waals surface area contributed by atoms with Crippen molar-refractivity contribution in [1.82, 2.24) is 0 Å². The van der Waals surface area contributed by atoms with Gasteiger partial charge in [-0.3, -0.25) is 14.9 Å². The zero-order chi connectivity index (χ0) is 15.9. The molecule has 2 rings (SSSR count). The Bertz CT molecular complexity index is 653. The van der Waals surface area contributed by atoms with Crippen molar-refractivity contribution in [3.05, 3.63) is 64.2 Å². The molecule has 22 heavy (non-hydrogen) atoms. The molecule has 0 amide bonds. The van der Waals surface area contributed by atoms with Crippen LogP contribution in [0.3, 0.4) is 0 Å². The van der Waals surface area contributed by atoms with Gasteiger partial charge < -0.3 is 4.74 Å². The molecule has 5 nitrogen and oxygen atoms in total. The largest absolute Gasteiger partial charge is 0.457 e. The lowest BCUT2D eigenvalue weighted by atomic mass is 10.1. The summed E-state index contributed by atoms with van der Waals surface area (Å²) in [6, 6.07) is 12.6. The molecular weight excluding hydrogens is 306 g/mol. The minimum absolute atomic E-state index is 0.00702. The number of ether oxygens (including phenoxy) is 1. The molecule has 0 N–H and O–H groups in total. The van der Waals surface area contributed by atoms with Crippen LogP contribution in [0.1, 0.15) is 23.2 Å². The van der Waals surface area contributed by atoms with E-state index in [1.54, 1.807) is 24.3 Å². The Morgan fingerprint density at radius 1 is 1.05 bits per heavy atom. The van der Waals surface area contributed by atoms with Crippen LogP contribution in [0.4, 0.5) is 5.69 Å². The normalized spacial score (nSPS) is 10.2. The number of nitro benzene ring substituents is 1. The van der Waals surface area contributed by atoms with Crippen molar-refractivity contribution in [2.24, 2.45) is 0 Å². The Hall–Kier alpha value is -2.40. The maximum Gasteiger partial charge on any atom is 0.269 e. The molecule has 2 aromatic rings. The van der Waals surface area contributed by atoms with E-state index < -0.39 is 4.92 Å². The third-order valence-electron chi connectivity index (χ3n) is 3.00. The highest BCUT2D eigenvalue weighted by Crippen LogP contribution is 2.24. The van der Waals surface area contributed by atoms with Crippen molar-refractivity contribution >= 4 is 23.1 Å². The highest BCUT2D eigenvalue weighted by molar-refractivity contribution is 6.18. The molecule has 0 radical (unpaired) electrons. The molecule has 0 heterocycles. The van der Waals surface area contributed by atoms with Gasteiger partial charge in [0.2, 0.25) is 0 Å². The van der Waals surface area contributed by atoms with Crippen LogP contribution in [0.5, 0.6) is 11.5 Å². The average Bonchev–Trinajstić information content (AvgIpc) is 2.54. The van der Waals surface area contributed by atoms with Crippen LogP contribution in [-0.2, 0) is 0 Å². The second-order valence-corrected chi connectivity index (χ2v) is 4.97. The van der Waals surface area contributed by atoms with Gasteiger partial charge in [-0.05, 0) is 42.8 Å². The standard InChI is InChI=1S/C16H14ClNO4/c17-11-1-2-16(19)12-3-7-14(8-4-12)22-15-9-5-13(6-10-15)18(20)21/h3-10H,1-2,11H2. The molecule has 2 aromatic carbocycles. The van der Waals surface area contributed by atoms with Gasteiger partial charge in [0.05, 0.1) is 4.92 Å². The molecular formula is C16H14ClNO4. The minimum Gasteiger partial charge on any atom is -0.457 e. The van der Waals surface area contributed by atoms with Crippen LogP contribution >= 0.6 is 11.6 Å². The van der Waals surface area contributed by atoms with Gasteiger partial charge in [-0.1, -0.05) is 0 Å². The zero-order valence-electron chi connectivity index (χ0n) is 11.7. The van der Waals surface area contributed by atoms with Gasteiger partial charge in [0.25, 0.3) is 5.69 Å². The van der Waals surface area contributed by atoms with Crippen LogP contribution in [0.2, 0.25) is 0 Å². The molecule has 0 fully saturated rings. The van der Waals surface area contributed by atoms with E-state index in [2.05, 4.69) is 0 Å². The number of hydrogen-bond donors (Lipinski definition) is 0. The van der Waals surface area contributed by atoms with Crippen molar-refractivity contribution < 1.29 is 14.5 Å². The number of Topliss-reactive ketones (excluding diaryl/α,β-unsaturated/α-hetero) is 1. The molecule has 0 saturated carbocycles. The van der Waals surface area contributed by atoms with Crippen LogP contribution in [-0.4, -0.2) is 16.6 Å². The average molecular weight is 320 g/mol. The number of halogens is 1. The maximum atomic E-state index is 11.8. The fraction of sp³-hybridized carbons (Fsp3) is 0.188. The monoisotopic (exact) mass is 319 g/mol. The first-order valence-corrected chi connectivity index (χ1v) is 7.25. The van der Waals surface area contributed by atoms with E-state index in [0.717, 1.165) is 0 Å². The van der Waals surface area contributed by atoms with E-state index in [0.29, 0.717) is 35.8 Å². The lowest BCUT2D eigenvalue weighted by molar-refractivity contribution is -0.384. The number of ketones is 1. The lowest BCUT2D eigenvalue weighted by Gasteiger charge is -2.06. The van der Waals surface area contributed by atoms with Crippen LogP contribution < -0.4 is 4.74 Å². The van der Waals surface area contributed by atoms with E-state index >= 15 is 0 Å².